The van der Waals surface area contributed by atoms with Crippen LogP contribution in [0.2, 0.25) is 0 Å². The lowest BCUT2D eigenvalue weighted by Crippen LogP contribution is -2.43. The van der Waals surface area contributed by atoms with Gasteiger partial charge in [0, 0.05) is 25.5 Å². The molecule has 5 heteroatoms. The Balaban J connectivity index is 1.70. The molecular weight excluding hydrogens is 314 g/mol. The Bertz CT molecular complexity index is 669. The van der Waals surface area contributed by atoms with Crippen molar-refractivity contribution in [1.82, 2.24) is 14.7 Å². The first-order valence-corrected chi connectivity index (χ1v) is 8.95. The van der Waals surface area contributed by atoms with Crippen LogP contribution >= 0.6 is 0 Å². The third-order valence-electron chi connectivity index (χ3n) is 4.47. The molecule has 1 atom stereocenters. The van der Waals surface area contributed by atoms with Crippen LogP contribution in [0.3, 0.4) is 0 Å². The number of likely N-dealkylation sites (tertiary alicyclic amines) is 1. The number of carbonyl (C=O) groups is 1. The minimum absolute atomic E-state index is 0.0556. The standard InChI is InChI=1S/C20H27N3O2/c1-20(2,3)25-18(16-8-5-4-6-9-16)19(24)22-14-10-17(11-15-22)23-13-7-12-21-23/h4-9,12-13,17-18H,10-11,14-15H2,1-3H3/t18-/m0/s1. The van der Waals surface area contributed by atoms with E-state index in [0.29, 0.717) is 6.04 Å². The van der Waals surface area contributed by atoms with Gasteiger partial charge in [-0.1, -0.05) is 30.3 Å². The van der Waals surface area contributed by atoms with Crippen LogP contribution in [-0.2, 0) is 9.53 Å². The van der Waals surface area contributed by atoms with Crippen LogP contribution in [0.25, 0.3) is 0 Å². The number of amides is 1. The molecule has 1 aliphatic heterocycles. The number of aromatic nitrogens is 2. The summed E-state index contributed by atoms with van der Waals surface area (Å²) in [7, 11) is 0. The Morgan fingerprint density at radius 3 is 2.40 bits per heavy atom. The van der Waals surface area contributed by atoms with E-state index in [1.807, 2.05) is 72.9 Å². The van der Waals surface area contributed by atoms with Crippen molar-refractivity contribution in [2.75, 3.05) is 13.1 Å². The highest BCUT2D eigenvalue weighted by molar-refractivity contribution is 5.82. The Morgan fingerprint density at radius 2 is 1.84 bits per heavy atom. The number of nitrogens with zero attached hydrogens (tertiary/aromatic N) is 3. The van der Waals surface area contributed by atoms with Crippen LogP contribution in [0, 0.1) is 0 Å². The van der Waals surface area contributed by atoms with Gasteiger partial charge in [0.2, 0.25) is 0 Å². The maximum Gasteiger partial charge on any atom is 0.256 e. The molecule has 1 aliphatic rings. The molecule has 1 fully saturated rings. The number of hydrogen-bond acceptors (Lipinski definition) is 3. The number of rotatable bonds is 4. The molecule has 0 radical (unpaired) electrons. The van der Waals surface area contributed by atoms with E-state index in [0.717, 1.165) is 31.5 Å². The van der Waals surface area contributed by atoms with E-state index in [1.54, 1.807) is 6.20 Å². The number of ether oxygens (including phenoxy) is 1. The third kappa shape index (κ3) is 4.48. The molecule has 0 saturated carbocycles. The topological polar surface area (TPSA) is 47.4 Å². The lowest BCUT2D eigenvalue weighted by Gasteiger charge is -2.36. The van der Waals surface area contributed by atoms with Gasteiger partial charge >= 0.3 is 0 Å². The van der Waals surface area contributed by atoms with E-state index >= 15 is 0 Å². The highest BCUT2D eigenvalue weighted by atomic mass is 16.5. The van der Waals surface area contributed by atoms with Crippen LogP contribution < -0.4 is 0 Å². The Morgan fingerprint density at radius 1 is 1.16 bits per heavy atom. The fraction of sp³-hybridized carbons (Fsp3) is 0.500. The summed E-state index contributed by atoms with van der Waals surface area (Å²) in [4.78, 5) is 15.1. The molecule has 1 saturated heterocycles. The minimum Gasteiger partial charge on any atom is -0.358 e. The van der Waals surface area contributed by atoms with E-state index < -0.39 is 6.10 Å². The monoisotopic (exact) mass is 341 g/mol. The van der Waals surface area contributed by atoms with Crippen molar-refractivity contribution in [3.63, 3.8) is 0 Å². The number of piperidine rings is 1. The zero-order valence-corrected chi connectivity index (χ0v) is 15.3. The molecular formula is C20H27N3O2. The normalized spacial score (nSPS) is 17.5. The zero-order valence-electron chi connectivity index (χ0n) is 15.3. The van der Waals surface area contributed by atoms with E-state index in [-0.39, 0.29) is 11.5 Å². The molecule has 0 aliphatic carbocycles. The summed E-state index contributed by atoms with van der Waals surface area (Å²) in [5, 5.41) is 4.33. The predicted molar refractivity (Wildman–Crippen MR) is 97.1 cm³/mol. The maximum atomic E-state index is 13.1. The lowest BCUT2D eigenvalue weighted by atomic mass is 10.0. The second-order valence-electron chi connectivity index (χ2n) is 7.56. The van der Waals surface area contributed by atoms with E-state index in [2.05, 4.69) is 5.10 Å². The van der Waals surface area contributed by atoms with Crippen molar-refractivity contribution in [1.29, 1.82) is 0 Å². The molecule has 25 heavy (non-hydrogen) atoms. The quantitative estimate of drug-likeness (QED) is 0.853. The molecule has 2 heterocycles. The predicted octanol–water partition coefficient (Wildman–Crippen LogP) is 3.60. The average molecular weight is 341 g/mol. The second-order valence-corrected chi connectivity index (χ2v) is 7.56. The summed E-state index contributed by atoms with van der Waals surface area (Å²) in [6.07, 6.45) is 5.09. The van der Waals surface area contributed by atoms with Crippen LogP contribution in [0.1, 0.15) is 51.3 Å². The van der Waals surface area contributed by atoms with Gasteiger partial charge in [-0.15, -0.1) is 0 Å². The largest absolute Gasteiger partial charge is 0.358 e. The summed E-state index contributed by atoms with van der Waals surface area (Å²) in [6, 6.07) is 12.1. The molecule has 5 nitrogen and oxygen atoms in total. The van der Waals surface area contributed by atoms with Crippen LogP contribution in [-0.4, -0.2) is 39.3 Å². The molecule has 0 N–H and O–H groups in total. The SMILES string of the molecule is CC(C)(C)O[C@H](C(=O)N1CCC(n2cccn2)CC1)c1ccccc1. The highest BCUT2D eigenvalue weighted by Crippen LogP contribution is 2.29. The van der Waals surface area contributed by atoms with Gasteiger partial charge in [-0.05, 0) is 45.2 Å². The van der Waals surface area contributed by atoms with Crippen LogP contribution in [0.5, 0.6) is 0 Å². The van der Waals surface area contributed by atoms with Crippen molar-refractivity contribution >= 4 is 5.91 Å². The van der Waals surface area contributed by atoms with Crippen molar-refractivity contribution in [2.45, 2.75) is 51.4 Å². The van der Waals surface area contributed by atoms with E-state index in [9.17, 15) is 4.79 Å². The molecule has 2 aromatic rings. The minimum atomic E-state index is -0.553. The highest BCUT2D eigenvalue weighted by Gasteiger charge is 2.33. The van der Waals surface area contributed by atoms with Gasteiger partial charge < -0.3 is 9.64 Å². The molecule has 0 spiro atoms. The van der Waals surface area contributed by atoms with Crippen molar-refractivity contribution in [3.8, 4) is 0 Å². The van der Waals surface area contributed by atoms with Crippen molar-refractivity contribution in [2.24, 2.45) is 0 Å². The summed E-state index contributed by atoms with van der Waals surface area (Å²) in [5.74, 6) is 0.0556. The molecule has 1 amide bonds. The smallest absolute Gasteiger partial charge is 0.256 e. The number of hydrogen-bond donors (Lipinski definition) is 0. The van der Waals surface area contributed by atoms with Crippen molar-refractivity contribution in [3.05, 3.63) is 54.4 Å². The maximum absolute atomic E-state index is 13.1. The van der Waals surface area contributed by atoms with E-state index in [4.69, 9.17) is 4.74 Å². The fourth-order valence-corrected chi connectivity index (χ4v) is 3.26. The molecule has 1 aromatic carbocycles. The molecule has 3 rings (SSSR count). The number of carbonyl (C=O) groups excluding carboxylic acids is 1. The van der Waals surface area contributed by atoms with Gasteiger partial charge in [-0.25, -0.2) is 0 Å². The fourth-order valence-electron chi connectivity index (χ4n) is 3.26. The second kappa shape index (κ2) is 7.40. The Hall–Kier alpha value is -2.14. The molecule has 0 bridgehead atoms. The van der Waals surface area contributed by atoms with Gasteiger partial charge in [0.05, 0.1) is 11.6 Å². The lowest BCUT2D eigenvalue weighted by molar-refractivity contribution is -0.155. The molecule has 1 aromatic heterocycles. The Labute approximate surface area is 149 Å². The first kappa shape index (κ1) is 17.7. The third-order valence-corrected chi connectivity index (χ3v) is 4.47. The summed E-state index contributed by atoms with van der Waals surface area (Å²) < 4.78 is 8.13. The first-order valence-electron chi connectivity index (χ1n) is 8.95. The van der Waals surface area contributed by atoms with Gasteiger partial charge in [0.15, 0.2) is 6.10 Å². The molecule has 0 unspecified atom stereocenters. The summed E-state index contributed by atoms with van der Waals surface area (Å²) >= 11 is 0. The first-order chi connectivity index (χ1) is 11.9. The van der Waals surface area contributed by atoms with E-state index in [1.165, 1.54) is 0 Å². The van der Waals surface area contributed by atoms with Crippen LogP contribution in [0.4, 0.5) is 0 Å². The van der Waals surface area contributed by atoms with Gasteiger partial charge in [-0.2, -0.15) is 5.10 Å². The summed E-state index contributed by atoms with van der Waals surface area (Å²) in [5.41, 5.74) is 0.528. The zero-order chi connectivity index (χ0) is 17.9. The van der Waals surface area contributed by atoms with Gasteiger partial charge in [0.1, 0.15) is 0 Å². The summed E-state index contributed by atoms with van der Waals surface area (Å²) in [6.45, 7) is 7.43. The van der Waals surface area contributed by atoms with Crippen molar-refractivity contribution < 1.29 is 9.53 Å². The molecule has 134 valence electrons. The average Bonchev–Trinajstić information content (AvgIpc) is 3.14. The van der Waals surface area contributed by atoms with Crippen LogP contribution in [0.15, 0.2) is 48.8 Å². The van der Waals surface area contributed by atoms with Gasteiger partial charge in [0.25, 0.3) is 5.91 Å². The number of benzene rings is 1. The van der Waals surface area contributed by atoms with Gasteiger partial charge in [-0.3, -0.25) is 9.48 Å². The Kier molecular flexibility index (Phi) is 5.23.